The number of carbonyl (C=O) groups excluding carboxylic acids is 2. The number of esters is 2. The minimum Gasteiger partial charge on any atom is -0.460 e. The van der Waals surface area contributed by atoms with E-state index >= 15 is 0 Å². The molecule has 3 unspecified atom stereocenters. The zero-order chi connectivity index (χ0) is 20.8. The van der Waals surface area contributed by atoms with Gasteiger partial charge in [0.15, 0.2) is 6.61 Å². The highest BCUT2D eigenvalue weighted by Crippen LogP contribution is 2.35. The Morgan fingerprint density at radius 2 is 1.93 bits per heavy atom. The van der Waals surface area contributed by atoms with E-state index in [-0.39, 0.29) is 12.7 Å². The molecule has 4 nitrogen and oxygen atoms in total. The van der Waals surface area contributed by atoms with Gasteiger partial charge in [0.2, 0.25) is 0 Å². The molecule has 0 N–H and O–H groups in total. The van der Waals surface area contributed by atoms with Crippen LogP contribution in [0.25, 0.3) is 11.6 Å². The molecule has 0 aliphatic heterocycles. The molecule has 0 bridgehead atoms. The second-order valence-corrected chi connectivity index (χ2v) is 9.91. The maximum absolute atomic E-state index is 12.7. The smallest absolute Gasteiger partial charge is 0.344 e. The van der Waals surface area contributed by atoms with Crippen molar-refractivity contribution >= 4 is 46.3 Å². The van der Waals surface area contributed by atoms with Gasteiger partial charge in [-0.2, -0.15) is 0 Å². The molecule has 29 heavy (non-hydrogen) atoms. The van der Waals surface area contributed by atoms with Crippen molar-refractivity contribution in [3.63, 3.8) is 0 Å². The minimum atomic E-state index is -0.504. The molecule has 0 aromatic carbocycles. The van der Waals surface area contributed by atoms with Crippen LogP contribution in [0.4, 0.5) is 0 Å². The first kappa shape index (κ1) is 21.8. The van der Waals surface area contributed by atoms with Gasteiger partial charge in [-0.1, -0.05) is 39.3 Å². The lowest BCUT2D eigenvalue weighted by Gasteiger charge is -2.36. The van der Waals surface area contributed by atoms with Crippen LogP contribution in [0.3, 0.4) is 0 Å². The van der Waals surface area contributed by atoms with Crippen molar-refractivity contribution in [1.82, 2.24) is 0 Å². The Morgan fingerprint density at radius 3 is 2.59 bits per heavy atom. The summed E-state index contributed by atoms with van der Waals surface area (Å²) in [5.74, 6) is 0.401. The number of ether oxygens (including phenoxy) is 2. The van der Waals surface area contributed by atoms with Crippen molar-refractivity contribution in [2.24, 2.45) is 17.8 Å². The zero-order valence-electron chi connectivity index (χ0n) is 17.1. The van der Waals surface area contributed by atoms with Gasteiger partial charge in [0, 0.05) is 9.75 Å². The van der Waals surface area contributed by atoms with Gasteiger partial charge in [-0.15, -0.1) is 22.7 Å². The van der Waals surface area contributed by atoms with Crippen LogP contribution in [0, 0.1) is 17.8 Å². The van der Waals surface area contributed by atoms with Crippen molar-refractivity contribution in [1.29, 1.82) is 0 Å². The molecule has 3 rings (SSSR count). The van der Waals surface area contributed by atoms with Crippen molar-refractivity contribution < 1.29 is 19.1 Å². The predicted molar refractivity (Wildman–Crippen MR) is 119 cm³/mol. The highest BCUT2D eigenvalue weighted by atomic mass is 32.1. The molecule has 0 spiro atoms. The van der Waals surface area contributed by atoms with Crippen LogP contribution in [0.5, 0.6) is 0 Å². The molecule has 3 atom stereocenters. The Hall–Kier alpha value is -1.92. The van der Waals surface area contributed by atoms with E-state index in [0.717, 1.165) is 22.6 Å². The fourth-order valence-electron chi connectivity index (χ4n) is 3.83. The van der Waals surface area contributed by atoms with Crippen molar-refractivity contribution in [3.8, 4) is 0 Å². The fourth-order valence-corrected chi connectivity index (χ4v) is 5.22. The van der Waals surface area contributed by atoms with E-state index in [4.69, 9.17) is 9.47 Å². The van der Waals surface area contributed by atoms with E-state index in [2.05, 4.69) is 20.8 Å². The Morgan fingerprint density at radius 1 is 1.17 bits per heavy atom. The monoisotopic (exact) mass is 432 g/mol. The summed E-state index contributed by atoms with van der Waals surface area (Å²) in [6.45, 7) is 6.18. The fraction of sp³-hybridized carbons (Fsp3) is 0.478. The molecular weight excluding hydrogens is 404 g/mol. The van der Waals surface area contributed by atoms with Gasteiger partial charge in [-0.25, -0.2) is 9.59 Å². The molecule has 1 fully saturated rings. The number of hydrogen-bond acceptors (Lipinski definition) is 6. The van der Waals surface area contributed by atoms with Crippen molar-refractivity contribution in [2.45, 2.75) is 46.1 Å². The lowest BCUT2D eigenvalue weighted by atomic mass is 9.75. The molecular formula is C23H28O4S2. The van der Waals surface area contributed by atoms with Crippen LogP contribution < -0.4 is 0 Å². The lowest BCUT2D eigenvalue weighted by molar-refractivity contribution is -0.165. The topological polar surface area (TPSA) is 52.6 Å². The summed E-state index contributed by atoms with van der Waals surface area (Å²) in [4.78, 5) is 26.9. The van der Waals surface area contributed by atoms with Crippen LogP contribution in [0.2, 0.25) is 0 Å². The van der Waals surface area contributed by atoms with Crippen molar-refractivity contribution in [3.05, 3.63) is 44.8 Å². The maximum Gasteiger partial charge on any atom is 0.344 e. The first-order chi connectivity index (χ1) is 13.9. The third kappa shape index (κ3) is 6.03. The second kappa shape index (κ2) is 10.2. The van der Waals surface area contributed by atoms with Crippen LogP contribution in [0.1, 0.15) is 49.8 Å². The highest BCUT2D eigenvalue weighted by molar-refractivity contribution is 7.12. The molecule has 6 heteroatoms. The Kier molecular flexibility index (Phi) is 7.67. The highest BCUT2D eigenvalue weighted by Gasteiger charge is 2.33. The SMILES string of the molecule is CC1CCC(C(C)C)C(OC(=O)COC(=O)C(=Cc2cccs2)c2cccs2)C1. The third-order valence-corrected chi connectivity index (χ3v) is 7.12. The number of carbonyl (C=O) groups is 2. The molecule has 1 aliphatic carbocycles. The van der Waals surface area contributed by atoms with E-state index in [0.29, 0.717) is 23.3 Å². The molecule has 0 saturated heterocycles. The minimum absolute atomic E-state index is 0.0941. The standard InChI is InChI=1S/C23H28O4S2/c1-15(2)18-9-8-16(3)12-20(18)27-22(24)14-26-23(25)19(21-7-5-11-29-21)13-17-6-4-10-28-17/h4-7,10-11,13,15-16,18,20H,8-9,12,14H2,1-3H3. The second-order valence-electron chi connectivity index (χ2n) is 7.98. The summed E-state index contributed by atoms with van der Waals surface area (Å²) < 4.78 is 11.1. The number of rotatable bonds is 7. The normalized spacial score (nSPS) is 22.5. The molecule has 1 aliphatic rings. The van der Waals surface area contributed by atoms with Crippen LogP contribution >= 0.6 is 22.7 Å². The third-order valence-electron chi connectivity index (χ3n) is 5.40. The molecule has 2 heterocycles. The molecule has 2 aromatic heterocycles. The van der Waals surface area contributed by atoms with Crippen LogP contribution in [-0.4, -0.2) is 24.6 Å². The average molecular weight is 433 g/mol. The summed E-state index contributed by atoms with van der Waals surface area (Å²) in [6.07, 6.45) is 4.83. The van der Waals surface area contributed by atoms with Crippen molar-refractivity contribution in [2.75, 3.05) is 6.61 Å². The first-order valence-electron chi connectivity index (χ1n) is 10.1. The number of thiophene rings is 2. The van der Waals surface area contributed by atoms with Gasteiger partial charge in [0.1, 0.15) is 6.10 Å². The van der Waals surface area contributed by atoms with E-state index < -0.39 is 11.9 Å². The first-order valence-corrected chi connectivity index (χ1v) is 11.9. The van der Waals surface area contributed by atoms with E-state index in [9.17, 15) is 9.59 Å². The summed E-state index contributed by atoms with van der Waals surface area (Å²) >= 11 is 3.01. The molecule has 0 radical (unpaired) electrons. The molecule has 1 saturated carbocycles. The van der Waals surface area contributed by atoms with E-state index in [1.54, 1.807) is 11.3 Å². The van der Waals surface area contributed by atoms with Gasteiger partial charge in [0.25, 0.3) is 0 Å². The van der Waals surface area contributed by atoms with Gasteiger partial charge in [-0.3, -0.25) is 0 Å². The van der Waals surface area contributed by atoms with Gasteiger partial charge in [-0.05, 0) is 59.6 Å². The quantitative estimate of drug-likeness (QED) is 0.404. The predicted octanol–water partition coefficient (Wildman–Crippen LogP) is 5.90. The summed E-state index contributed by atoms with van der Waals surface area (Å²) in [5.41, 5.74) is 0.460. The van der Waals surface area contributed by atoms with Crippen LogP contribution in [0.15, 0.2) is 35.0 Å². The van der Waals surface area contributed by atoms with Crippen LogP contribution in [-0.2, 0) is 19.1 Å². The summed E-state index contributed by atoms with van der Waals surface area (Å²) in [7, 11) is 0. The average Bonchev–Trinajstić information content (AvgIpc) is 3.37. The number of hydrogen-bond donors (Lipinski definition) is 0. The largest absolute Gasteiger partial charge is 0.460 e. The maximum atomic E-state index is 12.7. The molecule has 2 aromatic rings. The Balaban J connectivity index is 1.61. The Labute approximate surface area is 180 Å². The molecule has 0 amide bonds. The molecule has 156 valence electrons. The van der Waals surface area contributed by atoms with E-state index in [1.807, 2.05) is 41.1 Å². The summed E-state index contributed by atoms with van der Waals surface area (Å²) in [6, 6.07) is 7.64. The van der Waals surface area contributed by atoms with Gasteiger partial charge < -0.3 is 9.47 Å². The van der Waals surface area contributed by atoms with Gasteiger partial charge in [0.05, 0.1) is 5.57 Å². The summed E-state index contributed by atoms with van der Waals surface area (Å²) in [5, 5.41) is 3.87. The van der Waals surface area contributed by atoms with E-state index in [1.165, 1.54) is 17.8 Å². The lowest BCUT2D eigenvalue weighted by Crippen LogP contribution is -2.36. The van der Waals surface area contributed by atoms with Gasteiger partial charge >= 0.3 is 11.9 Å². The Bertz CT molecular complexity index is 821. The zero-order valence-corrected chi connectivity index (χ0v) is 18.8.